The second-order valence-corrected chi connectivity index (χ2v) is 4.69. The van der Waals surface area contributed by atoms with Crippen molar-refractivity contribution in [3.8, 4) is 0 Å². The van der Waals surface area contributed by atoms with Crippen molar-refractivity contribution in [3.63, 3.8) is 0 Å². The zero-order valence-electron chi connectivity index (χ0n) is 11.3. The van der Waals surface area contributed by atoms with Crippen LogP contribution in [0.3, 0.4) is 0 Å². The molecule has 0 saturated heterocycles. The van der Waals surface area contributed by atoms with Gasteiger partial charge in [-0.25, -0.2) is 9.59 Å². The molecule has 0 aliphatic rings. The molecular weight excluding hydrogens is 246 g/mol. The van der Waals surface area contributed by atoms with E-state index in [-0.39, 0.29) is 5.92 Å². The number of carboxylic acid groups (broad SMARTS) is 1. The first-order valence-electron chi connectivity index (χ1n) is 6.09. The molecule has 0 aliphatic heterocycles. The lowest BCUT2D eigenvalue weighted by Gasteiger charge is -2.18. The molecule has 2 amide bonds. The number of nitrogens with one attached hydrogen (secondary N) is 2. The van der Waals surface area contributed by atoms with E-state index in [9.17, 15) is 9.59 Å². The molecular formula is C13H19N3O3. The summed E-state index contributed by atoms with van der Waals surface area (Å²) < 4.78 is 0. The first kappa shape index (κ1) is 14.9. The number of urea groups is 1. The highest BCUT2D eigenvalue weighted by atomic mass is 16.4. The predicted octanol–water partition coefficient (Wildman–Crippen LogP) is 1.30. The van der Waals surface area contributed by atoms with Crippen LogP contribution >= 0.6 is 0 Å². The van der Waals surface area contributed by atoms with Crippen LogP contribution < -0.4 is 10.6 Å². The molecule has 0 radical (unpaired) electrons. The van der Waals surface area contributed by atoms with Gasteiger partial charge in [-0.05, 0) is 24.5 Å². The number of pyridine rings is 1. The van der Waals surface area contributed by atoms with Gasteiger partial charge >= 0.3 is 12.0 Å². The maximum atomic E-state index is 11.6. The lowest BCUT2D eigenvalue weighted by atomic mass is 10.1. The van der Waals surface area contributed by atoms with E-state index in [1.54, 1.807) is 20.0 Å². The molecule has 6 nitrogen and oxygen atoms in total. The molecule has 0 fully saturated rings. The van der Waals surface area contributed by atoms with Crippen molar-refractivity contribution >= 4 is 12.0 Å². The van der Waals surface area contributed by atoms with E-state index >= 15 is 0 Å². The second kappa shape index (κ2) is 6.72. The van der Waals surface area contributed by atoms with Crippen LogP contribution in [-0.2, 0) is 11.3 Å². The van der Waals surface area contributed by atoms with E-state index in [0.717, 1.165) is 11.3 Å². The third-order valence-corrected chi connectivity index (χ3v) is 2.65. The third kappa shape index (κ3) is 4.95. The molecule has 0 unspecified atom stereocenters. The first-order valence-corrected chi connectivity index (χ1v) is 6.09. The summed E-state index contributed by atoms with van der Waals surface area (Å²) in [6.45, 7) is 5.67. The Hall–Kier alpha value is -2.11. The van der Waals surface area contributed by atoms with Crippen LogP contribution in [0.15, 0.2) is 18.3 Å². The van der Waals surface area contributed by atoms with Crippen LogP contribution in [0.1, 0.15) is 25.1 Å². The lowest BCUT2D eigenvalue weighted by Crippen LogP contribution is -2.48. The maximum absolute atomic E-state index is 11.6. The van der Waals surface area contributed by atoms with Crippen molar-refractivity contribution in [2.75, 3.05) is 0 Å². The molecule has 3 N–H and O–H groups in total. The number of aryl methyl sites for hydroxylation is 1. The molecule has 19 heavy (non-hydrogen) atoms. The lowest BCUT2D eigenvalue weighted by molar-refractivity contribution is -0.140. The highest BCUT2D eigenvalue weighted by Gasteiger charge is 2.23. The number of carboxylic acids is 1. The van der Waals surface area contributed by atoms with Crippen molar-refractivity contribution in [2.24, 2.45) is 5.92 Å². The Morgan fingerprint density at radius 3 is 2.53 bits per heavy atom. The van der Waals surface area contributed by atoms with E-state index in [2.05, 4.69) is 15.6 Å². The van der Waals surface area contributed by atoms with Crippen molar-refractivity contribution in [3.05, 3.63) is 29.6 Å². The summed E-state index contributed by atoms with van der Waals surface area (Å²) in [4.78, 5) is 26.6. The van der Waals surface area contributed by atoms with Crippen molar-refractivity contribution in [1.82, 2.24) is 15.6 Å². The molecule has 0 bridgehead atoms. The molecule has 0 spiro atoms. The normalized spacial score (nSPS) is 12.0. The molecule has 0 saturated carbocycles. The second-order valence-electron chi connectivity index (χ2n) is 4.69. The minimum atomic E-state index is -1.04. The fourth-order valence-electron chi connectivity index (χ4n) is 1.49. The zero-order chi connectivity index (χ0) is 14.4. The number of hydrogen-bond donors (Lipinski definition) is 3. The molecule has 1 aromatic rings. The quantitative estimate of drug-likeness (QED) is 0.748. The van der Waals surface area contributed by atoms with E-state index in [4.69, 9.17) is 5.11 Å². The number of carbonyl (C=O) groups excluding carboxylic acids is 1. The molecule has 6 heteroatoms. The topological polar surface area (TPSA) is 91.3 Å². The number of nitrogens with zero attached hydrogens (tertiary/aromatic N) is 1. The Morgan fingerprint density at radius 1 is 1.37 bits per heavy atom. The van der Waals surface area contributed by atoms with Crippen LogP contribution in [-0.4, -0.2) is 28.1 Å². The largest absolute Gasteiger partial charge is 0.480 e. The maximum Gasteiger partial charge on any atom is 0.326 e. The van der Waals surface area contributed by atoms with Gasteiger partial charge in [0.25, 0.3) is 0 Å². The van der Waals surface area contributed by atoms with Gasteiger partial charge in [0.2, 0.25) is 0 Å². The summed E-state index contributed by atoms with van der Waals surface area (Å²) in [5.74, 6) is -1.22. The van der Waals surface area contributed by atoms with Crippen LogP contribution in [0, 0.1) is 12.8 Å². The highest BCUT2D eigenvalue weighted by molar-refractivity contribution is 5.82. The van der Waals surface area contributed by atoms with Gasteiger partial charge in [0.05, 0.1) is 0 Å². The molecule has 1 aromatic heterocycles. The summed E-state index contributed by atoms with van der Waals surface area (Å²) in [5.41, 5.74) is 1.76. The van der Waals surface area contributed by atoms with Crippen molar-refractivity contribution in [1.29, 1.82) is 0 Å². The summed E-state index contributed by atoms with van der Waals surface area (Å²) in [7, 11) is 0. The average Bonchev–Trinajstić information content (AvgIpc) is 2.34. The Balaban J connectivity index is 2.47. The van der Waals surface area contributed by atoms with Crippen LogP contribution in [0.2, 0.25) is 0 Å². The fourth-order valence-corrected chi connectivity index (χ4v) is 1.49. The molecule has 0 aromatic carbocycles. The highest BCUT2D eigenvalue weighted by Crippen LogP contribution is 2.02. The Bertz CT molecular complexity index is 443. The number of aliphatic carboxylic acids is 1. The predicted molar refractivity (Wildman–Crippen MR) is 70.6 cm³/mol. The van der Waals surface area contributed by atoms with E-state index in [1.807, 2.05) is 19.1 Å². The minimum Gasteiger partial charge on any atom is -0.480 e. The fraction of sp³-hybridized carbons (Fsp3) is 0.462. The van der Waals surface area contributed by atoms with Crippen LogP contribution in [0.5, 0.6) is 0 Å². The van der Waals surface area contributed by atoms with Crippen molar-refractivity contribution in [2.45, 2.75) is 33.4 Å². The van der Waals surface area contributed by atoms with Gasteiger partial charge in [0, 0.05) is 18.4 Å². The standard InChI is InChI=1S/C13H19N3O3/c1-8(2)11(12(17)18)16-13(19)15-7-10-5-4-9(3)14-6-10/h4-6,8,11H,7H2,1-3H3,(H,17,18)(H2,15,16,19)/t11-/m1/s1. The van der Waals surface area contributed by atoms with Gasteiger partial charge in [0.15, 0.2) is 0 Å². The summed E-state index contributed by atoms with van der Waals surface area (Å²) in [6.07, 6.45) is 1.67. The zero-order valence-corrected chi connectivity index (χ0v) is 11.3. The third-order valence-electron chi connectivity index (χ3n) is 2.65. The van der Waals surface area contributed by atoms with Gasteiger partial charge in [-0.2, -0.15) is 0 Å². The molecule has 1 atom stereocenters. The molecule has 104 valence electrons. The molecule has 1 heterocycles. The Kier molecular flexibility index (Phi) is 5.29. The number of amides is 2. The van der Waals surface area contributed by atoms with E-state index in [0.29, 0.717) is 6.54 Å². The number of aromatic nitrogens is 1. The Morgan fingerprint density at radius 2 is 2.05 bits per heavy atom. The number of carbonyl (C=O) groups is 2. The Labute approximate surface area is 112 Å². The summed E-state index contributed by atoms with van der Waals surface area (Å²) >= 11 is 0. The SMILES string of the molecule is Cc1ccc(CNC(=O)N[C@@H](C(=O)O)C(C)C)cn1. The minimum absolute atomic E-state index is 0.177. The smallest absolute Gasteiger partial charge is 0.326 e. The monoisotopic (exact) mass is 265 g/mol. The summed E-state index contributed by atoms with van der Waals surface area (Å²) in [6, 6.07) is 2.32. The van der Waals surface area contributed by atoms with Gasteiger partial charge in [-0.1, -0.05) is 19.9 Å². The number of hydrogen-bond acceptors (Lipinski definition) is 3. The van der Waals surface area contributed by atoms with E-state index in [1.165, 1.54) is 0 Å². The molecule has 1 rings (SSSR count). The van der Waals surface area contributed by atoms with Gasteiger partial charge < -0.3 is 15.7 Å². The van der Waals surface area contributed by atoms with Crippen LogP contribution in [0.25, 0.3) is 0 Å². The van der Waals surface area contributed by atoms with Gasteiger partial charge in [-0.15, -0.1) is 0 Å². The van der Waals surface area contributed by atoms with Gasteiger partial charge in [-0.3, -0.25) is 4.98 Å². The van der Waals surface area contributed by atoms with E-state index < -0.39 is 18.0 Å². The van der Waals surface area contributed by atoms with Gasteiger partial charge in [0.1, 0.15) is 6.04 Å². The number of rotatable bonds is 5. The average molecular weight is 265 g/mol. The molecule has 0 aliphatic carbocycles. The van der Waals surface area contributed by atoms with Crippen LogP contribution in [0.4, 0.5) is 4.79 Å². The van der Waals surface area contributed by atoms with Crippen molar-refractivity contribution < 1.29 is 14.7 Å². The first-order chi connectivity index (χ1) is 8.90. The summed E-state index contributed by atoms with van der Waals surface area (Å²) in [5, 5.41) is 14.0.